The van der Waals surface area contributed by atoms with Gasteiger partial charge in [0, 0.05) is 12.6 Å². The van der Waals surface area contributed by atoms with Crippen LogP contribution in [0.4, 0.5) is 4.39 Å². The molecule has 0 aromatic heterocycles. The SMILES string of the molecule is CC(NCc1ccc(F)cc1)c1ccccc1.O=C(O)C(=O)O. The molecule has 0 spiro atoms. The summed E-state index contributed by atoms with van der Waals surface area (Å²) >= 11 is 0. The van der Waals surface area contributed by atoms with E-state index >= 15 is 0 Å². The highest BCUT2D eigenvalue weighted by atomic mass is 19.1. The summed E-state index contributed by atoms with van der Waals surface area (Å²) in [5.41, 5.74) is 2.35. The van der Waals surface area contributed by atoms with E-state index in [4.69, 9.17) is 19.8 Å². The van der Waals surface area contributed by atoms with Gasteiger partial charge in [-0.05, 0) is 30.2 Å². The van der Waals surface area contributed by atoms with Crippen molar-refractivity contribution < 1.29 is 24.2 Å². The molecule has 2 rings (SSSR count). The Balaban J connectivity index is 0.000000379. The van der Waals surface area contributed by atoms with Gasteiger partial charge in [-0.1, -0.05) is 42.5 Å². The Labute approximate surface area is 133 Å². The lowest BCUT2D eigenvalue weighted by molar-refractivity contribution is -0.159. The van der Waals surface area contributed by atoms with E-state index in [2.05, 4.69) is 24.4 Å². The van der Waals surface area contributed by atoms with Crippen LogP contribution in [0.15, 0.2) is 54.6 Å². The first-order chi connectivity index (χ1) is 10.9. The number of rotatable bonds is 4. The van der Waals surface area contributed by atoms with Crippen LogP contribution in [-0.2, 0) is 16.1 Å². The normalized spacial score (nSPS) is 11.0. The third-order valence-electron chi connectivity index (χ3n) is 3.01. The minimum Gasteiger partial charge on any atom is -0.473 e. The second-order valence-electron chi connectivity index (χ2n) is 4.75. The number of carboxylic acid groups (broad SMARTS) is 2. The van der Waals surface area contributed by atoms with Gasteiger partial charge >= 0.3 is 11.9 Å². The van der Waals surface area contributed by atoms with Crippen molar-refractivity contribution in [2.45, 2.75) is 19.5 Å². The third kappa shape index (κ3) is 7.19. The monoisotopic (exact) mass is 319 g/mol. The predicted octanol–water partition coefficient (Wildman–Crippen LogP) is 2.83. The molecule has 0 saturated carbocycles. The molecule has 1 atom stereocenters. The van der Waals surface area contributed by atoms with Crippen LogP contribution >= 0.6 is 0 Å². The van der Waals surface area contributed by atoms with E-state index in [-0.39, 0.29) is 5.82 Å². The number of hydrogen-bond acceptors (Lipinski definition) is 3. The van der Waals surface area contributed by atoms with Crippen LogP contribution in [0.2, 0.25) is 0 Å². The van der Waals surface area contributed by atoms with Gasteiger partial charge in [-0.3, -0.25) is 0 Å². The molecule has 0 amide bonds. The number of aliphatic carboxylic acids is 2. The third-order valence-corrected chi connectivity index (χ3v) is 3.01. The van der Waals surface area contributed by atoms with Crippen LogP contribution < -0.4 is 5.32 Å². The van der Waals surface area contributed by atoms with Crippen LogP contribution in [0.1, 0.15) is 24.1 Å². The highest BCUT2D eigenvalue weighted by molar-refractivity contribution is 6.27. The van der Waals surface area contributed by atoms with E-state index < -0.39 is 11.9 Å². The standard InChI is InChI=1S/C15H16FN.C2H2O4/c1-12(14-5-3-2-4-6-14)17-11-13-7-9-15(16)10-8-13;3-1(4)2(5)6/h2-10,12,17H,11H2,1H3;(H,3,4)(H,5,6). The number of benzene rings is 2. The molecule has 0 saturated heterocycles. The van der Waals surface area contributed by atoms with Gasteiger partial charge < -0.3 is 15.5 Å². The molecule has 1 unspecified atom stereocenters. The van der Waals surface area contributed by atoms with Crippen LogP contribution in [0.3, 0.4) is 0 Å². The van der Waals surface area contributed by atoms with E-state index in [0.717, 1.165) is 12.1 Å². The fraction of sp³-hybridized carbons (Fsp3) is 0.176. The molecule has 0 fully saturated rings. The molecule has 6 heteroatoms. The quantitative estimate of drug-likeness (QED) is 0.754. The largest absolute Gasteiger partial charge is 0.473 e. The van der Waals surface area contributed by atoms with E-state index in [0.29, 0.717) is 6.04 Å². The summed E-state index contributed by atoms with van der Waals surface area (Å²) in [7, 11) is 0. The van der Waals surface area contributed by atoms with Gasteiger partial charge in [-0.15, -0.1) is 0 Å². The minimum atomic E-state index is -1.82. The van der Waals surface area contributed by atoms with Crippen LogP contribution in [-0.4, -0.2) is 22.2 Å². The number of carbonyl (C=O) groups is 2. The minimum absolute atomic E-state index is 0.190. The molecule has 0 aliphatic carbocycles. The van der Waals surface area contributed by atoms with Crippen molar-refractivity contribution in [2.75, 3.05) is 0 Å². The summed E-state index contributed by atoms with van der Waals surface area (Å²) in [6.07, 6.45) is 0. The molecule has 23 heavy (non-hydrogen) atoms. The molecule has 0 bridgehead atoms. The van der Waals surface area contributed by atoms with Gasteiger partial charge in [0.1, 0.15) is 5.82 Å². The summed E-state index contributed by atoms with van der Waals surface area (Å²) in [6.45, 7) is 2.87. The number of carboxylic acids is 2. The van der Waals surface area contributed by atoms with Gasteiger partial charge in [0.05, 0.1) is 0 Å². The fourth-order valence-corrected chi connectivity index (χ4v) is 1.73. The van der Waals surface area contributed by atoms with Crippen molar-refractivity contribution >= 4 is 11.9 Å². The van der Waals surface area contributed by atoms with Crippen molar-refractivity contribution in [2.24, 2.45) is 0 Å². The smallest absolute Gasteiger partial charge is 0.414 e. The summed E-state index contributed by atoms with van der Waals surface area (Å²) in [4.78, 5) is 18.2. The Morgan fingerprint density at radius 3 is 2.00 bits per heavy atom. The topological polar surface area (TPSA) is 86.6 Å². The first kappa shape index (κ1) is 18.3. The zero-order valence-electron chi connectivity index (χ0n) is 12.6. The lowest BCUT2D eigenvalue weighted by Crippen LogP contribution is -2.17. The molecule has 0 heterocycles. The lowest BCUT2D eigenvalue weighted by Gasteiger charge is -2.14. The Bertz CT molecular complexity index is 617. The number of nitrogens with one attached hydrogen (secondary N) is 1. The highest BCUT2D eigenvalue weighted by Gasteiger charge is 2.04. The molecule has 0 radical (unpaired) electrons. The van der Waals surface area contributed by atoms with Crippen molar-refractivity contribution in [3.05, 3.63) is 71.5 Å². The van der Waals surface area contributed by atoms with Crippen LogP contribution in [0, 0.1) is 5.82 Å². The molecule has 2 aromatic carbocycles. The second kappa shape index (κ2) is 9.32. The summed E-state index contributed by atoms with van der Waals surface area (Å²) in [5, 5.41) is 18.2. The van der Waals surface area contributed by atoms with E-state index in [9.17, 15) is 4.39 Å². The molecular formula is C17H18FNO4. The van der Waals surface area contributed by atoms with E-state index in [1.54, 1.807) is 12.1 Å². The number of hydrogen-bond donors (Lipinski definition) is 3. The van der Waals surface area contributed by atoms with Crippen LogP contribution in [0.25, 0.3) is 0 Å². The van der Waals surface area contributed by atoms with Gasteiger partial charge in [0.25, 0.3) is 0 Å². The highest BCUT2D eigenvalue weighted by Crippen LogP contribution is 2.12. The molecule has 5 nitrogen and oxygen atoms in total. The first-order valence-electron chi connectivity index (χ1n) is 6.89. The average Bonchev–Trinajstić information content (AvgIpc) is 2.55. The Hall–Kier alpha value is -2.73. The van der Waals surface area contributed by atoms with Gasteiger partial charge in [0.2, 0.25) is 0 Å². The maximum atomic E-state index is 12.7. The van der Waals surface area contributed by atoms with Crippen molar-refractivity contribution in [1.82, 2.24) is 5.32 Å². The molecular weight excluding hydrogens is 301 g/mol. The van der Waals surface area contributed by atoms with Gasteiger partial charge in [0.15, 0.2) is 0 Å². The lowest BCUT2D eigenvalue weighted by atomic mass is 10.1. The van der Waals surface area contributed by atoms with Gasteiger partial charge in [-0.25, -0.2) is 14.0 Å². The first-order valence-corrected chi connectivity index (χ1v) is 6.89. The molecule has 122 valence electrons. The number of halogens is 1. The van der Waals surface area contributed by atoms with Crippen molar-refractivity contribution in [3.8, 4) is 0 Å². The molecule has 0 aliphatic heterocycles. The zero-order chi connectivity index (χ0) is 17.2. The molecule has 3 N–H and O–H groups in total. The van der Waals surface area contributed by atoms with Gasteiger partial charge in [-0.2, -0.15) is 0 Å². The summed E-state index contributed by atoms with van der Waals surface area (Å²) in [5.74, 6) is -3.84. The second-order valence-corrected chi connectivity index (χ2v) is 4.75. The Morgan fingerprint density at radius 1 is 1.00 bits per heavy atom. The Kier molecular flexibility index (Phi) is 7.42. The maximum Gasteiger partial charge on any atom is 0.414 e. The summed E-state index contributed by atoms with van der Waals surface area (Å²) < 4.78 is 12.7. The van der Waals surface area contributed by atoms with Crippen molar-refractivity contribution in [1.29, 1.82) is 0 Å². The van der Waals surface area contributed by atoms with E-state index in [1.807, 2.05) is 18.2 Å². The molecule has 0 aliphatic rings. The average molecular weight is 319 g/mol. The molecule has 2 aromatic rings. The summed E-state index contributed by atoms with van der Waals surface area (Å²) in [6, 6.07) is 17.2. The van der Waals surface area contributed by atoms with Crippen LogP contribution in [0.5, 0.6) is 0 Å². The maximum absolute atomic E-state index is 12.7. The van der Waals surface area contributed by atoms with Crippen molar-refractivity contribution in [3.63, 3.8) is 0 Å². The predicted molar refractivity (Wildman–Crippen MR) is 83.4 cm³/mol. The Morgan fingerprint density at radius 2 is 1.52 bits per heavy atom. The zero-order valence-corrected chi connectivity index (χ0v) is 12.6. The van der Waals surface area contributed by atoms with E-state index in [1.165, 1.54) is 17.7 Å². The fourth-order valence-electron chi connectivity index (χ4n) is 1.73.